The Morgan fingerprint density at radius 1 is 1.30 bits per heavy atom. The third-order valence-electron chi connectivity index (χ3n) is 4.85. The summed E-state index contributed by atoms with van der Waals surface area (Å²) in [6.07, 6.45) is 6.17. The van der Waals surface area contributed by atoms with Crippen LogP contribution in [0.15, 0.2) is 18.2 Å². The average Bonchev–Trinajstić information content (AvgIpc) is 3.03. The average molecular weight is 317 g/mol. The van der Waals surface area contributed by atoms with Crippen LogP contribution in [0, 0.1) is 0 Å². The normalized spacial score (nSPS) is 19.3. The van der Waals surface area contributed by atoms with Gasteiger partial charge in [-0.2, -0.15) is 0 Å². The van der Waals surface area contributed by atoms with Gasteiger partial charge in [-0.25, -0.2) is 0 Å². The van der Waals surface area contributed by atoms with Gasteiger partial charge in [-0.05, 0) is 55.7 Å². The van der Waals surface area contributed by atoms with Gasteiger partial charge in [0.2, 0.25) is 5.91 Å². The summed E-state index contributed by atoms with van der Waals surface area (Å²) >= 11 is 0. The Hall–Kier alpha value is -1.39. The molecule has 4 nitrogen and oxygen atoms in total. The first kappa shape index (κ1) is 16.5. The van der Waals surface area contributed by atoms with Crippen LogP contribution in [0.4, 0.5) is 0 Å². The molecule has 1 saturated heterocycles. The predicted molar refractivity (Wildman–Crippen MR) is 89.4 cm³/mol. The minimum atomic E-state index is 0.0523. The van der Waals surface area contributed by atoms with E-state index < -0.39 is 0 Å². The number of hydrogen-bond acceptors (Lipinski definition) is 3. The molecule has 1 N–H and O–H groups in total. The Bertz CT molecular complexity index is 537. The molecule has 1 aliphatic carbocycles. The van der Waals surface area contributed by atoms with Crippen molar-refractivity contribution in [3.05, 3.63) is 34.9 Å². The molecule has 0 spiro atoms. The van der Waals surface area contributed by atoms with Crippen molar-refractivity contribution >= 4 is 5.91 Å². The van der Waals surface area contributed by atoms with Crippen molar-refractivity contribution in [1.29, 1.82) is 0 Å². The van der Waals surface area contributed by atoms with Crippen LogP contribution in [0.2, 0.25) is 0 Å². The molecule has 0 unspecified atom stereocenters. The molecular weight excluding hydrogens is 290 g/mol. The summed E-state index contributed by atoms with van der Waals surface area (Å²) in [6.45, 7) is 4.08. The number of amides is 1. The number of nitrogens with one attached hydrogen (secondary N) is 1. The summed E-state index contributed by atoms with van der Waals surface area (Å²) in [5, 5.41) is 3.08. The molecule has 1 atom stereocenters. The van der Waals surface area contributed by atoms with Crippen LogP contribution in [0.5, 0.6) is 0 Å². The second kappa shape index (κ2) is 7.93. The van der Waals surface area contributed by atoms with Crippen molar-refractivity contribution in [3.8, 4) is 0 Å². The highest BCUT2D eigenvalue weighted by Gasteiger charge is 2.16. The molecule has 126 valence electrons. The number of fused-ring (bicyclic) bond motifs is 1. The van der Waals surface area contributed by atoms with E-state index in [1.165, 1.54) is 36.0 Å². The molecule has 0 saturated carbocycles. The molecule has 1 aliphatic heterocycles. The van der Waals surface area contributed by atoms with E-state index in [0.717, 1.165) is 26.1 Å². The van der Waals surface area contributed by atoms with Crippen LogP contribution in [0.3, 0.4) is 0 Å². The zero-order valence-corrected chi connectivity index (χ0v) is 14.0. The minimum absolute atomic E-state index is 0.0523. The van der Waals surface area contributed by atoms with Crippen molar-refractivity contribution in [1.82, 2.24) is 5.32 Å². The molecule has 1 heterocycles. The maximum atomic E-state index is 12.1. The van der Waals surface area contributed by atoms with Crippen LogP contribution >= 0.6 is 0 Å². The van der Waals surface area contributed by atoms with E-state index in [9.17, 15) is 4.79 Å². The van der Waals surface area contributed by atoms with E-state index in [-0.39, 0.29) is 18.1 Å². The van der Waals surface area contributed by atoms with Gasteiger partial charge in [-0.15, -0.1) is 0 Å². The molecule has 1 aromatic rings. The van der Waals surface area contributed by atoms with Gasteiger partial charge in [-0.1, -0.05) is 18.2 Å². The highest BCUT2D eigenvalue weighted by atomic mass is 16.5. The van der Waals surface area contributed by atoms with E-state index in [0.29, 0.717) is 13.0 Å². The van der Waals surface area contributed by atoms with E-state index in [2.05, 4.69) is 23.5 Å². The number of carbonyl (C=O) groups is 1. The largest absolute Gasteiger partial charge is 0.381 e. The topological polar surface area (TPSA) is 47.6 Å². The molecule has 4 heteroatoms. The first-order valence-corrected chi connectivity index (χ1v) is 8.83. The summed E-state index contributed by atoms with van der Waals surface area (Å²) in [5.41, 5.74) is 4.12. The maximum Gasteiger partial charge on any atom is 0.222 e. The van der Waals surface area contributed by atoms with Gasteiger partial charge in [0.1, 0.15) is 0 Å². The second-order valence-electron chi connectivity index (χ2n) is 6.60. The fourth-order valence-corrected chi connectivity index (χ4v) is 3.42. The molecule has 3 rings (SSSR count). The quantitative estimate of drug-likeness (QED) is 0.877. The summed E-state index contributed by atoms with van der Waals surface area (Å²) < 4.78 is 11.1. The first-order chi connectivity index (χ1) is 11.2. The van der Waals surface area contributed by atoms with Crippen LogP contribution < -0.4 is 5.32 Å². The van der Waals surface area contributed by atoms with Crippen LogP contribution in [0.1, 0.15) is 55.3 Å². The van der Waals surface area contributed by atoms with E-state index >= 15 is 0 Å². The number of aryl methyl sites for hydroxylation is 2. The van der Waals surface area contributed by atoms with Gasteiger partial charge >= 0.3 is 0 Å². The van der Waals surface area contributed by atoms with Gasteiger partial charge in [0.15, 0.2) is 0 Å². The zero-order valence-electron chi connectivity index (χ0n) is 14.0. The van der Waals surface area contributed by atoms with Crippen LogP contribution in [0.25, 0.3) is 0 Å². The van der Waals surface area contributed by atoms with Gasteiger partial charge in [0, 0.05) is 19.6 Å². The number of carbonyl (C=O) groups excluding carboxylic acids is 1. The lowest BCUT2D eigenvalue weighted by molar-refractivity contribution is -0.123. The Kier molecular flexibility index (Phi) is 5.68. The Labute approximate surface area is 138 Å². The summed E-state index contributed by atoms with van der Waals surface area (Å²) in [4.78, 5) is 12.1. The lowest BCUT2D eigenvalue weighted by Gasteiger charge is -2.22. The molecule has 23 heavy (non-hydrogen) atoms. The lowest BCUT2D eigenvalue weighted by Crippen LogP contribution is -2.29. The monoisotopic (exact) mass is 317 g/mol. The number of ether oxygens (including phenoxy) is 2. The highest BCUT2D eigenvalue weighted by Crippen LogP contribution is 2.25. The molecule has 0 aromatic heterocycles. The first-order valence-electron chi connectivity index (χ1n) is 8.83. The van der Waals surface area contributed by atoms with Crippen molar-refractivity contribution in [2.24, 2.45) is 0 Å². The maximum absolute atomic E-state index is 12.1. The molecular formula is C19H27NO3. The smallest absolute Gasteiger partial charge is 0.222 e. The number of benzene rings is 1. The molecule has 0 radical (unpaired) electrons. The third-order valence-corrected chi connectivity index (χ3v) is 4.85. The van der Waals surface area contributed by atoms with E-state index in [4.69, 9.17) is 9.47 Å². The molecule has 1 fully saturated rings. The summed E-state index contributed by atoms with van der Waals surface area (Å²) in [7, 11) is 0. The van der Waals surface area contributed by atoms with Gasteiger partial charge < -0.3 is 14.8 Å². The molecule has 2 aliphatic rings. The van der Waals surface area contributed by atoms with E-state index in [1.807, 2.05) is 6.92 Å². The lowest BCUT2D eigenvalue weighted by atomic mass is 10.0. The third kappa shape index (κ3) is 4.55. The minimum Gasteiger partial charge on any atom is -0.381 e. The van der Waals surface area contributed by atoms with Crippen molar-refractivity contribution in [3.63, 3.8) is 0 Å². The van der Waals surface area contributed by atoms with Gasteiger partial charge in [-0.3, -0.25) is 4.79 Å². The van der Waals surface area contributed by atoms with Crippen molar-refractivity contribution in [2.45, 2.75) is 57.6 Å². The Morgan fingerprint density at radius 3 is 2.91 bits per heavy atom. The standard InChI is InChI=1S/C19H27NO3/c1-14(16-6-5-15-3-2-4-17(15)13-16)20-19(21)9-12-23-18-7-10-22-11-8-18/h5-6,13-14,18H,2-4,7-12H2,1H3,(H,20,21)/t14-/m1/s1. The highest BCUT2D eigenvalue weighted by molar-refractivity contribution is 5.76. The van der Waals surface area contributed by atoms with E-state index in [1.54, 1.807) is 0 Å². The number of hydrogen-bond donors (Lipinski definition) is 1. The summed E-state index contributed by atoms with van der Waals surface area (Å²) in [6, 6.07) is 6.67. The fourth-order valence-electron chi connectivity index (χ4n) is 3.42. The van der Waals surface area contributed by atoms with Gasteiger partial charge in [0.05, 0.1) is 18.8 Å². The molecule has 1 amide bonds. The predicted octanol–water partition coefficient (Wildman–Crippen LogP) is 2.94. The van der Waals surface area contributed by atoms with Gasteiger partial charge in [0.25, 0.3) is 0 Å². The Balaban J connectivity index is 1.42. The fraction of sp³-hybridized carbons (Fsp3) is 0.632. The SMILES string of the molecule is C[C@@H](NC(=O)CCOC1CCOCC1)c1ccc2c(c1)CCC2. The molecule has 1 aromatic carbocycles. The van der Waals surface area contributed by atoms with Crippen molar-refractivity contribution < 1.29 is 14.3 Å². The van der Waals surface area contributed by atoms with Crippen LogP contribution in [-0.4, -0.2) is 31.8 Å². The zero-order chi connectivity index (χ0) is 16.1. The van der Waals surface area contributed by atoms with Crippen molar-refractivity contribution in [2.75, 3.05) is 19.8 Å². The second-order valence-corrected chi connectivity index (χ2v) is 6.60. The number of rotatable bonds is 6. The summed E-state index contributed by atoms with van der Waals surface area (Å²) in [5.74, 6) is 0.0602. The Morgan fingerprint density at radius 2 is 2.09 bits per heavy atom. The van der Waals surface area contributed by atoms with Crippen LogP contribution in [-0.2, 0) is 27.1 Å². The molecule has 0 bridgehead atoms.